The molecule has 2 N–H and O–H groups in total. The Morgan fingerprint density at radius 3 is 2.73 bits per heavy atom. The average molecular weight is 207 g/mol. The lowest BCUT2D eigenvalue weighted by molar-refractivity contribution is -0.112. The molecule has 0 saturated heterocycles. The molecule has 0 bridgehead atoms. The van der Waals surface area contributed by atoms with Gasteiger partial charge in [0, 0.05) is 5.57 Å². The zero-order valence-corrected chi connectivity index (χ0v) is 8.70. The minimum Gasteiger partial charge on any atom is -0.504 e. The maximum Gasteiger partial charge on any atom is 0.250 e. The van der Waals surface area contributed by atoms with Crippen molar-refractivity contribution in [2.45, 2.75) is 6.92 Å². The molecule has 0 spiro atoms. The number of carbonyl (C=O) groups excluding carboxylic acids is 1. The van der Waals surface area contributed by atoms with Gasteiger partial charge in [0.25, 0.3) is 5.91 Å². The van der Waals surface area contributed by atoms with Gasteiger partial charge < -0.3 is 15.2 Å². The highest BCUT2D eigenvalue weighted by molar-refractivity contribution is 6.03. The third-order valence-electron chi connectivity index (χ3n) is 1.83. The van der Waals surface area contributed by atoms with Gasteiger partial charge in [-0.3, -0.25) is 4.79 Å². The monoisotopic (exact) mass is 207 g/mol. The number of phenolic OH excluding ortho intramolecular Hbond substituents is 1. The molecule has 1 rings (SSSR count). The number of anilines is 1. The van der Waals surface area contributed by atoms with Crippen LogP contribution in [0.4, 0.5) is 5.69 Å². The predicted octanol–water partition coefficient (Wildman–Crippen LogP) is 1.92. The quantitative estimate of drug-likeness (QED) is 0.744. The average Bonchev–Trinajstić information content (AvgIpc) is 2.18. The van der Waals surface area contributed by atoms with Crippen molar-refractivity contribution in [2.24, 2.45) is 0 Å². The van der Waals surface area contributed by atoms with E-state index in [1.165, 1.54) is 13.2 Å². The molecule has 0 heterocycles. The van der Waals surface area contributed by atoms with Gasteiger partial charge in [0.2, 0.25) is 0 Å². The molecular weight excluding hydrogens is 194 g/mol. The normalized spacial score (nSPS) is 9.47. The Morgan fingerprint density at radius 2 is 2.20 bits per heavy atom. The molecule has 0 unspecified atom stereocenters. The first-order valence-corrected chi connectivity index (χ1v) is 4.39. The zero-order valence-electron chi connectivity index (χ0n) is 8.70. The number of hydrogen-bond acceptors (Lipinski definition) is 3. The number of nitrogens with one attached hydrogen (secondary N) is 1. The number of carbonyl (C=O) groups is 1. The maximum atomic E-state index is 11.3. The van der Waals surface area contributed by atoms with E-state index in [-0.39, 0.29) is 17.4 Å². The molecule has 0 aliphatic heterocycles. The molecule has 1 aromatic carbocycles. The lowest BCUT2D eigenvalue weighted by Gasteiger charge is -2.10. The fraction of sp³-hybridized carbons (Fsp3) is 0.182. The van der Waals surface area contributed by atoms with Crippen molar-refractivity contribution >= 4 is 11.6 Å². The molecule has 0 aliphatic rings. The summed E-state index contributed by atoms with van der Waals surface area (Å²) in [6.45, 7) is 5.12. The van der Waals surface area contributed by atoms with Crippen LogP contribution in [-0.2, 0) is 4.79 Å². The summed E-state index contributed by atoms with van der Waals surface area (Å²) in [5.74, 6) is -0.0805. The molecule has 0 aliphatic carbocycles. The Labute approximate surface area is 88.2 Å². The highest BCUT2D eigenvalue weighted by Gasteiger charge is 2.10. The minimum atomic E-state index is -0.307. The Kier molecular flexibility index (Phi) is 3.33. The van der Waals surface area contributed by atoms with Gasteiger partial charge in [0.1, 0.15) is 0 Å². The van der Waals surface area contributed by atoms with E-state index in [1.54, 1.807) is 19.1 Å². The third kappa shape index (κ3) is 2.49. The zero-order chi connectivity index (χ0) is 11.4. The van der Waals surface area contributed by atoms with Crippen LogP contribution in [0.1, 0.15) is 6.92 Å². The van der Waals surface area contributed by atoms with Crippen LogP contribution in [0.5, 0.6) is 11.5 Å². The molecule has 0 aromatic heterocycles. The van der Waals surface area contributed by atoms with Gasteiger partial charge in [-0.1, -0.05) is 12.6 Å². The highest BCUT2D eigenvalue weighted by atomic mass is 16.5. The molecule has 4 heteroatoms. The first kappa shape index (κ1) is 11.1. The van der Waals surface area contributed by atoms with Crippen LogP contribution >= 0.6 is 0 Å². The van der Waals surface area contributed by atoms with E-state index in [4.69, 9.17) is 4.74 Å². The second-order valence-corrected chi connectivity index (χ2v) is 3.09. The van der Waals surface area contributed by atoms with E-state index in [1.807, 2.05) is 0 Å². The van der Waals surface area contributed by atoms with Crippen LogP contribution in [0, 0.1) is 0 Å². The second-order valence-electron chi connectivity index (χ2n) is 3.09. The maximum absolute atomic E-state index is 11.3. The predicted molar refractivity (Wildman–Crippen MR) is 58.1 cm³/mol. The van der Waals surface area contributed by atoms with E-state index in [2.05, 4.69) is 11.9 Å². The van der Waals surface area contributed by atoms with Crippen molar-refractivity contribution < 1.29 is 14.6 Å². The summed E-state index contributed by atoms with van der Waals surface area (Å²) in [5, 5.41) is 12.0. The number of methoxy groups -OCH3 is 1. The Bertz CT molecular complexity index is 399. The van der Waals surface area contributed by atoms with Crippen LogP contribution in [0.3, 0.4) is 0 Å². The molecule has 0 radical (unpaired) electrons. The largest absolute Gasteiger partial charge is 0.504 e. The Balaban J connectivity index is 2.99. The molecule has 4 nitrogen and oxygen atoms in total. The highest BCUT2D eigenvalue weighted by Crippen LogP contribution is 2.33. The standard InChI is InChI=1S/C11H13NO3/c1-7(2)11(14)12-8-5-4-6-9(13)10(8)15-3/h4-6,13H,1H2,2-3H3,(H,12,14). The summed E-state index contributed by atoms with van der Waals surface area (Å²) >= 11 is 0. The molecule has 80 valence electrons. The number of aromatic hydroxyl groups is 1. The third-order valence-corrected chi connectivity index (χ3v) is 1.83. The summed E-state index contributed by atoms with van der Waals surface area (Å²) in [7, 11) is 1.42. The van der Waals surface area contributed by atoms with Gasteiger partial charge in [-0.05, 0) is 19.1 Å². The van der Waals surface area contributed by atoms with Crippen LogP contribution in [0.15, 0.2) is 30.4 Å². The summed E-state index contributed by atoms with van der Waals surface area (Å²) in [4.78, 5) is 11.3. The van der Waals surface area contributed by atoms with Crippen molar-refractivity contribution in [3.05, 3.63) is 30.4 Å². The van der Waals surface area contributed by atoms with Crippen LogP contribution in [0.2, 0.25) is 0 Å². The van der Waals surface area contributed by atoms with Crippen molar-refractivity contribution in [1.82, 2.24) is 0 Å². The minimum absolute atomic E-state index is 0.0167. The van der Waals surface area contributed by atoms with Crippen LogP contribution < -0.4 is 10.1 Å². The fourth-order valence-electron chi connectivity index (χ4n) is 1.07. The molecule has 0 saturated carbocycles. The number of hydrogen-bond donors (Lipinski definition) is 2. The van der Waals surface area contributed by atoms with E-state index in [0.29, 0.717) is 11.3 Å². The second kappa shape index (κ2) is 4.50. The number of amides is 1. The fourth-order valence-corrected chi connectivity index (χ4v) is 1.07. The number of benzene rings is 1. The number of phenols is 1. The molecular formula is C11H13NO3. The summed E-state index contributed by atoms with van der Waals surface area (Å²) in [5.41, 5.74) is 0.811. The van der Waals surface area contributed by atoms with E-state index < -0.39 is 0 Å². The van der Waals surface area contributed by atoms with Gasteiger partial charge in [-0.25, -0.2) is 0 Å². The first-order chi connectivity index (χ1) is 7.06. The van der Waals surface area contributed by atoms with Crippen molar-refractivity contribution in [3.63, 3.8) is 0 Å². The summed E-state index contributed by atoms with van der Waals surface area (Å²) < 4.78 is 4.96. The van der Waals surface area contributed by atoms with Crippen LogP contribution in [-0.4, -0.2) is 18.1 Å². The van der Waals surface area contributed by atoms with E-state index in [0.717, 1.165) is 0 Å². The number of ether oxygens (including phenoxy) is 1. The molecule has 1 amide bonds. The van der Waals surface area contributed by atoms with Gasteiger partial charge >= 0.3 is 0 Å². The Morgan fingerprint density at radius 1 is 1.53 bits per heavy atom. The smallest absolute Gasteiger partial charge is 0.250 e. The lowest BCUT2D eigenvalue weighted by Crippen LogP contribution is -2.12. The summed E-state index contributed by atoms with van der Waals surface area (Å²) in [6.07, 6.45) is 0. The van der Waals surface area contributed by atoms with Crippen LogP contribution in [0.25, 0.3) is 0 Å². The molecule has 15 heavy (non-hydrogen) atoms. The van der Waals surface area contributed by atoms with Crippen molar-refractivity contribution in [3.8, 4) is 11.5 Å². The number of rotatable bonds is 3. The Hall–Kier alpha value is -1.97. The van der Waals surface area contributed by atoms with Gasteiger partial charge in [0.15, 0.2) is 11.5 Å². The van der Waals surface area contributed by atoms with E-state index >= 15 is 0 Å². The van der Waals surface area contributed by atoms with E-state index in [9.17, 15) is 9.90 Å². The summed E-state index contributed by atoms with van der Waals surface area (Å²) in [6, 6.07) is 4.74. The molecule has 1 aromatic rings. The molecule has 0 atom stereocenters. The number of para-hydroxylation sites is 1. The van der Waals surface area contributed by atoms with Gasteiger partial charge in [0.05, 0.1) is 12.8 Å². The SMILES string of the molecule is C=C(C)C(=O)Nc1cccc(O)c1OC. The molecule has 0 fully saturated rings. The van der Waals surface area contributed by atoms with Crippen molar-refractivity contribution in [2.75, 3.05) is 12.4 Å². The van der Waals surface area contributed by atoms with Crippen molar-refractivity contribution in [1.29, 1.82) is 0 Å². The first-order valence-electron chi connectivity index (χ1n) is 4.39. The van der Waals surface area contributed by atoms with Gasteiger partial charge in [-0.2, -0.15) is 0 Å². The topological polar surface area (TPSA) is 58.6 Å². The lowest BCUT2D eigenvalue weighted by atomic mass is 10.2. The van der Waals surface area contributed by atoms with Gasteiger partial charge in [-0.15, -0.1) is 0 Å².